The van der Waals surface area contributed by atoms with Crippen LogP contribution in [0.5, 0.6) is 0 Å². The Kier molecular flexibility index (Phi) is 5.37. The van der Waals surface area contributed by atoms with E-state index in [1.807, 2.05) is 36.1 Å². The molecule has 148 valence electrons. The Hall–Kier alpha value is -3.48. The standard InChI is InChI=1S/C22H24N6O/c1-15-4-3-11-24-21(15)27-20-6-2-5-18(26-20)16-9-12-28(13-10-16)22(29)17-7-8-19(23)25-14-17/h2-8,11,14,16H,9-10,12-13H2,1H3,(H2,23,25)(H,24,26,27). The van der Waals surface area contributed by atoms with Gasteiger partial charge in [-0.25, -0.2) is 15.0 Å². The molecule has 0 aliphatic carbocycles. The highest BCUT2D eigenvalue weighted by atomic mass is 16.2. The van der Waals surface area contributed by atoms with Crippen molar-refractivity contribution < 1.29 is 4.79 Å². The first-order valence-corrected chi connectivity index (χ1v) is 9.76. The number of nitrogens with one attached hydrogen (secondary N) is 1. The number of nitrogens with zero attached hydrogens (tertiary/aromatic N) is 4. The van der Waals surface area contributed by atoms with Crippen molar-refractivity contribution in [2.45, 2.75) is 25.7 Å². The van der Waals surface area contributed by atoms with Gasteiger partial charge in [-0.1, -0.05) is 12.1 Å². The number of nitrogen functional groups attached to an aromatic ring is 1. The molecule has 4 rings (SSSR count). The van der Waals surface area contributed by atoms with Crippen molar-refractivity contribution in [1.82, 2.24) is 19.9 Å². The Bertz CT molecular complexity index is 996. The summed E-state index contributed by atoms with van der Waals surface area (Å²) in [4.78, 5) is 27.7. The lowest BCUT2D eigenvalue weighted by molar-refractivity contribution is 0.0711. The largest absolute Gasteiger partial charge is 0.384 e. The summed E-state index contributed by atoms with van der Waals surface area (Å²) in [7, 11) is 0. The number of aromatic nitrogens is 3. The predicted octanol–water partition coefficient (Wildman–Crippen LogP) is 3.53. The number of amides is 1. The van der Waals surface area contributed by atoms with Gasteiger partial charge < -0.3 is 16.0 Å². The first kappa shape index (κ1) is 18.9. The second-order valence-corrected chi connectivity index (χ2v) is 7.28. The monoisotopic (exact) mass is 388 g/mol. The number of likely N-dealkylation sites (tertiary alicyclic amines) is 1. The summed E-state index contributed by atoms with van der Waals surface area (Å²) in [5, 5.41) is 3.30. The summed E-state index contributed by atoms with van der Waals surface area (Å²) in [6.45, 7) is 3.42. The Balaban J connectivity index is 1.40. The molecule has 7 nitrogen and oxygen atoms in total. The maximum atomic E-state index is 12.7. The van der Waals surface area contributed by atoms with Gasteiger partial charge >= 0.3 is 0 Å². The van der Waals surface area contributed by atoms with Gasteiger partial charge in [-0.2, -0.15) is 0 Å². The first-order chi connectivity index (χ1) is 14.1. The number of aryl methyl sites for hydroxylation is 1. The topological polar surface area (TPSA) is 97.0 Å². The van der Waals surface area contributed by atoms with E-state index in [0.717, 1.165) is 35.7 Å². The van der Waals surface area contributed by atoms with Crippen molar-refractivity contribution in [1.29, 1.82) is 0 Å². The van der Waals surface area contributed by atoms with E-state index in [1.54, 1.807) is 24.5 Å². The Morgan fingerprint density at radius 3 is 2.66 bits per heavy atom. The molecule has 3 aromatic rings. The maximum Gasteiger partial charge on any atom is 0.255 e. The van der Waals surface area contributed by atoms with Gasteiger partial charge in [-0.05, 0) is 55.7 Å². The average molecular weight is 388 g/mol. The molecule has 0 atom stereocenters. The van der Waals surface area contributed by atoms with E-state index in [0.29, 0.717) is 30.4 Å². The highest BCUT2D eigenvalue weighted by Gasteiger charge is 2.25. The van der Waals surface area contributed by atoms with Gasteiger partial charge in [0.15, 0.2) is 0 Å². The molecule has 4 heterocycles. The fourth-order valence-electron chi connectivity index (χ4n) is 3.58. The maximum absolute atomic E-state index is 12.7. The fourth-order valence-corrected chi connectivity index (χ4v) is 3.58. The predicted molar refractivity (Wildman–Crippen MR) is 113 cm³/mol. The van der Waals surface area contributed by atoms with Crippen LogP contribution in [-0.4, -0.2) is 38.8 Å². The van der Waals surface area contributed by atoms with Crippen LogP contribution in [-0.2, 0) is 0 Å². The van der Waals surface area contributed by atoms with E-state index in [9.17, 15) is 4.79 Å². The Morgan fingerprint density at radius 1 is 1.10 bits per heavy atom. The summed E-state index contributed by atoms with van der Waals surface area (Å²) < 4.78 is 0. The van der Waals surface area contributed by atoms with Gasteiger partial charge in [-0.3, -0.25) is 4.79 Å². The van der Waals surface area contributed by atoms with Gasteiger partial charge in [0.05, 0.1) is 5.56 Å². The molecular formula is C22H24N6O. The number of carbonyl (C=O) groups excluding carboxylic acids is 1. The molecule has 0 aromatic carbocycles. The summed E-state index contributed by atoms with van der Waals surface area (Å²) in [6, 6.07) is 13.3. The van der Waals surface area contributed by atoms with Crippen molar-refractivity contribution >= 4 is 23.4 Å². The molecule has 0 bridgehead atoms. The van der Waals surface area contributed by atoms with Crippen molar-refractivity contribution in [3.63, 3.8) is 0 Å². The normalized spacial score (nSPS) is 14.6. The number of piperidine rings is 1. The molecule has 3 aromatic heterocycles. The first-order valence-electron chi connectivity index (χ1n) is 9.76. The van der Waals surface area contributed by atoms with Crippen molar-refractivity contribution in [3.05, 3.63) is 71.7 Å². The van der Waals surface area contributed by atoms with E-state index in [4.69, 9.17) is 10.7 Å². The second kappa shape index (κ2) is 8.26. The summed E-state index contributed by atoms with van der Waals surface area (Å²) in [5.74, 6) is 2.35. The second-order valence-electron chi connectivity index (χ2n) is 7.28. The van der Waals surface area contributed by atoms with Crippen LogP contribution in [0.25, 0.3) is 0 Å². The zero-order valence-corrected chi connectivity index (χ0v) is 16.4. The lowest BCUT2D eigenvalue weighted by Crippen LogP contribution is -2.38. The van der Waals surface area contributed by atoms with Gasteiger partial charge in [0, 0.05) is 37.1 Å². The van der Waals surface area contributed by atoms with Crippen LogP contribution in [0.4, 0.5) is 17.5 Å². The number of anilines is 3. The van der Waals surface area contributed by atoms with Crippen LogP contribution in [0.1, 0.15) is 40.4 Å². The smallest absolute Gasteiger partial charge is 0.255 e. The number of pyridine rings is 3. The van der Waals surface area contributed by atoms with Gasteiger partial charge in [0.25, 0.3) is 5.91 Å². The Labute approximate surface area is 170 Å². The van der Waals surface area contributed by atoms with E-state index >= 15 is 0 Å². The van der Waals surface area contributed by atoms with Gasteiger partial charge in [-0.15, -0.1) is 0 Å². The lowest BCUT2D eigenvalue weighted by Gasteiger charge is -2.32. The van der Waals surface area contributed by atoms with Crippen LogP contribution in [0.15, 0.2) is 54.9 Å². The quantitative estimate of drug-likeness (QED) is 0.710. The van der Waals surface area contributed by atoms with Gasteiger partial charge in [0.1, 0.15) is 17.5 Å². The molecule has 1 aliphatic rings. The molecule has 0 spiro atoms. The third-order valence-corrected chi connectivity index (χ3v) is 5.26. The minimum Gasteiger partial charge on any atom is -0.384 e. The number of rotatable bonds is 4. The molecular weight excluding hydrogens is 364 g/mol. The molecule has 1 saturated heterocycles. The molecule has 0 saturated carbocycles. The summed E-state index contributed by atoms with van der Waals surface area (Å²) >= 11 is 0. The molecule has 1 fully saturated rings. The third kappa shape index (κ3) is 4.34. The van der Waals surface area contributed by atoms with Crippen LogP contribution in [0, 0.1) is 6.92 Å². The zero-order valence-electron chi connectivity index (χ0n) is 16.4. The molecule has 3 N–H and O–H groups in total. The molecule has 7 heteroatoms. The highest BCUT2D eigenvalue weighted by Crippen LogP contribution is 2.28. The number of hydrogen-bond donors (Lipinski definition) is 2. The number of nitrogens with two attached hydrogens (primary N) is 1. The summed E-state index contributed by atoms with van der Waals surface area (Å²) in [6.07, 6.45) is 5.07. The third-order valence-electron chi connectivity index (χ3n) is 5.26. The molecule has 0 unspecified atom stereocenters. The van der Waals surface area contributed by atoms with Crippen LogP contribution < -0.4 is 11.1 Å². The number of hydrogen-bond acceptors (Lipinski definition) is 6. The fraction of sp³-hybridized carbons (Fsp3) is 0.273. The van der Waals surface area contributed by atoms with Crippen molar-refractivity contribution in [2.75, 3.05) is 24.1 Å². The van der Waals surface area contributed by atoms with Gasteiger partial charge in [0.2, 0.25) is 0 Å². The van der Waals surface area contributed by atoms with E-state index in [1.165, 1.54) is 0 Å². The van der Waals surface area contributed by atoms with Crippen LogP contribution >= 0.6 is 0 Å². The van der Waals surface area contributed by atoms with Crippen molar-refractivity contribution in [3.8, 4) is 0 Å². The summed E-state index contributed by atoms with van der Waals surface area (Å²) in [5.41, 5.74) is 8.30. The lowest BCUT2D eigenvalue weighted by atomic mass is 9.92. The SMILES string of the molecule is Cc1cccnc1Nc1cccc(C2CCN(C(=O)c3ccc(N)nc3)CC2)n1. The van der Waals surface area contributed by atoms with E-state index in [2.05, 4.69) is 21.4 Å². The van der Waals surface area contributed by atoms with E-state index < -0.39 is 0 Å². The zero-order chi connectivity index (χ0) is 20.2. The van der Waals surface area contributed by atoms with Crippen molar-refractivity contribution in [2.24, 2.45) is 0 Å². The highest BCUT2D eigenvalue weighted by molar-refractivity contribution is 5.94. The van der Waals surface area contributed by atoms with Crippen LogP contribution in [0.2, 0.25) is 0 Å². The van der Waals surface area contributed by atoms with E-state index in [-0.39, 0.29) is 5.91 Å². The average Bonchev–Trinajstić information content (AvgIpc) is 2.76. The molecule has 1 amide bonds. The minimum atomic E-state index is 0.00459. The minimum absolute atomic E-state index is 0.00459. The molecule has 29 heavy (non-hydrogen) atoms. The number of carbonyl (C=O) groups is 1. The molecule has 1 aliphatic heterocycles. The van der Waals surface area contributed by atoms with Crippen LogP contribution in [0.3, 0.4) is 0 Å². The Morgan fingerprint density at radius 2 is 1.93 bits per heavy atom. The molecule has 0 radical (unpaired) electrons.